The van der Waals surface area contributed by atoms with Crippen molar-refractivity contribution < 1.29 is 9.53 Å². The SMILES string of the molecule is CCN(CC)c1ccc(NC(=O)c2cnc(Nc3ccc(OC)cc3)cn2)cc1. The first-order valence-corrected chi connectivity index (χ1v) is 9.52. The van der Waals surface area contributed by atoms with E-state index in [2.05, 4.69) is 39.3 Å². The van der Waals surface area contributed by atoms with E-state index < -0.39 is 0 Å². The lowest BCUT2D eigenvalue weighted by molar-refractivity contribution is 0.102. The lowest BCUT2D eigenvalue weighted by atomic mass is 10.2. The second-order valence-corrected chi connectivity index (χ2v) is 6.31. The fraction of sp³-hybridized carbons (Fsp3) is 0.227. The van der Waals surface area contributed by atoms with Crippen molar-refractivity contribution >= 4 is 28.8 Å². The molecule has 0 atom stereocenters. The first-order chi connectivity index (χ1) is 14.1. The summed E-state index contributed by atoms with van der Waals surface area (Å²) in [6, 6.07) is 15.2. The van der Waals surface area contributed by atoms with Crippen molar-refractivity contribution in [2.45, 2.75) is 13.8 Å². The zero-order valence-corrected chi connectivity index (χ0v) is 16.8. The highest BCUT2D eigenvalue weighted by Gasteiger charge is 2.09. The minimum Gasteiger partial charge on any atom is -0.497 e. The van der Waals surface area contributed by atoms with Crippen molar-refractivity contribution in [3.05, 3.63) is 66.6 Å². The summed E-state index contributed by atoms with van der Waals surface area (Å²) in [6.07, 6.45) is 2.98. The molecule has 0 aliphatic heterocycles. The molecule has 0 radical (unpaired) electrons. The van der Waals surface area contributed by atoms with Gasteiger partial charge in [0.1, 0.15) is 17.3 Å². The number of hydrogen-bond acceptors (Lipinski definition) is 6. The standard InChI is InChI=1S/C22H25N5O2/c1-4-27(5-2)18-10-6-17(7-11-18)26-22(28)20-14-24-21(15-23-20)25-16-8-12-19(29-3)13-9-16/h6-15H,4-5H2,1-3H3,(H,24,25)(H,26,28). The van der Waals surface area contributed by atoms with E-state index in [-0.39, 0.29) is 11.6 Å². The molecule has 1 heterocycles. The van der Waals surface area contributed by atoms with Gasteiger partial charge in [-0.15, -0.1) is 0 Å². The summed E-state index contributed by atoms with van der Waals surface area (Å²) in [5, 5.41) is 5.98. The van der Waals surface area contributed by atoms with Gasteiger partial charge in [0.05, 0.1) is 19.5 Å². The molecule has 0 aliphatic carbocycles. The van der Waals surface area contributed by atoms with E-state index in [1.165, 1.54) is 12.4 Å². The first kappa shape index (κ1) is 20.1. The molecule has 150 valence electrons. The Labute approximate surface area is 170 Å². The van der Waals surface area contributed by atoms with Gasteiger partial charge in [-0.3, -0.25) is 4.79 Å². The second kappa shape index (κ2) is 9.54. The van der Waals surface area contributed by atoms with Crippen LogP contribution in [0, 0.1) is 0 Å². The van der Waals surface area contributed by atoms with Crippen LogP contribution in [0.3, 0.4) is 0 Å². The highest BCUT2D eigenvalue weighted by molar-refractivity contribution is 6.02. The summed E-state index contributed by atoms with van der Waals surface area (Å²) in [4.78, 5) is 23.1. The summed E-state index contributed by atoms with van der Waals surface area (Å²) in [7, 11) is 1.62. The lowest BCUT2D eigenvalue weighted by Crippen LogP contribution is -2.21. The van der Waals surface area contributed by atoms with Crippen molar-refractivity contribution in [3.8, 4) is 5.75 Å². The van der Waals surface area contributed by atoms with Crippen LogP contribution in [0.15, 0.2) is 60.9 Å². The second-order valence-electron chi connectivity index (χ2n) is 6.31. The fourth-order valence-corrected chi connectivity index (χ4v) is 2.87. The molecule has 0 saturated heterocycles. The number of carbonyl (C=O) groups excluding carboxylic acids is 1. The average molecular weight is 391 g/mol. The number of anilines is 4. The number of amides is 1. The van der Waals surface area contributed by atoms with E-state index in [1.807, 2.05) is 48.5 Å². The molecule has 0 fully saturated rings. The van der Waals surface area contributed by atoms with Crippen LogP contribution < -0.4 is 20.3 Å². The van der Waals surface area contributed by atoms with E-state index in [4.69, 9.17) is 4.74 Å². The minimum absolute atomic E-state index is 0.248. The van der Waals surface area contributed by atoms with Crippen molar-refractivity contribution in [2.24, 2.45) is 0 Å². The van der Waals surface area contributed by atoms with E-state index >= 15 is 0 Å². The smallest absolute Gasteiger partial charge is 0.275 e. The van der Waals surface area contributed by atoms with Gasteiger partial charge < -0.3 is 20.3 Å². The molecular weight excluding hydrogens is 366 g/mol. The van der Waals surface area contributed by atoms with Gasteiger partial charge in [-0.1, -0.05) is 0 Å². The third-order valence-corrected chi connectivity index (χ3v) is 4.50. The number of hydrogen-bond donors (Lipinski definition) is 2. The lowest BCUT2D eigenvalue weighted by Gasteiger charge is -2.21. The maximum atomic E-state index is 12.4. The predicted octanol–water partition coefficient (Wildman–Crippen LogP) is 4.33. The van der Waals surface area contributed by atoms with Crippen LogP contribution in [0.4, 0.5) is 22.9 Å². The predicted molar refractivity (Wildman–Crippen MR) is 116 cm³/mol. The molecule has 7 nitrogen and oxygen atoms in total. The summed E-state index contributed by atoms with van der Waals surface area (Å²) < 4.78 is 5.14. The maximum Gasteiger partial charge on any atom is 0.275 e. The topological polar surface area (TPSA) is 79.4 Å². The fourth-order valence-electron chi connectivity index (χ4n) is 2.87. The van der Waals surface area contributed by atoms with Gasteiger partial charge in [0, 0.05) is 30.2 Å². The Balaban J connectivity index is 1.61. The van der Waals surface area contributed by atoms with Gasteiger partial charge in [0.15, 0.2) is 0 Å². The number of ether oxygens (including phenoxy) is 1. The average Bonchev–Trinajstić information content (AvgIpc) is 2.77. The Hall–Kier alpha value is -3.61. The maximum absolute atomic E-state index is 12.4. The molecule has 3 aromatic rings. The number of rotatable bonds is 8. The van der Waals surface area contributed by atoms with Crippen molar-refractivity contribution in [1.82, 2.24) is 9.97 Å². The molecule has 0 saturated carbocycles. The minimum atomic E-state index is -0.302. The summed E-state index contributed by atoms with van der Waals surface area (Å²) in [6.45, 7) is 6.11. The van der Waals surface area contributed by atoms with E-state index in [1.54, 1.807) is 7.11 Å². The molecule has 0 spiro atoms. The normalized spacial score (nSPS) is 10.3. The van der Waals surface area contributed by atoms with Crippen molar-refractivity contribution in [3.63, 3.8) is 0 Å². The molecular formula is C22H25N5O2. The highest BCUT2D eigenvalue weighted by Crippen LogP contribution is 2.19. The summed E-state index contributed by atoms with van der Waals surface area (Å²) >= 11 is 0. The van der Waals surface area contributed by atoms with Crippen LogP contribution >= 0.6 is 0 Å². The molecule has 7 heteroatoms. The Morgan fingerprint density at radius 1 is 0.931 bits per heavy atom. The largest absolute Gasteiger partial charge is 0.497 e. The zero-order chi connectivity index (χ0) is 20.6. The van der Waals surface area contributed by atoms with E-state index in [0.717, 1.165) is 30.2 Å². The highest BCUT2D eigenvalue weighted by atomic mass is 16.5. The molecule has 0 unspecified atom stereocenters. The van der Waals surface area contributed by atoms with Gasteiger partial charge in [0.2, 0.25) is 0 Å². The zero-order valence-electron chi connectivity index (χ0n) is 16.8. The third kappa shape index (κ3) is 5.22. The molecule has 1 aromatic heterocycles. The molecule has 0 aliphatic rings. The van der Waals surface area contributed by atoms with Crippen LogP contribution in [0.25, 0.3) is 0 Å². The number of benzene rings is 2. The number of methoxy groups -OCH3 is 1. The van der Waals surface area contributed by atoms with Crippen LogP contribution in [0.1, 0.15) is 24.3 Å². The molecule has 1 amide bonds. The molecule has 3 rings (SSSR count). The number of carbonyl (C=O) groups is 1. The van der Waals surface area contributed by atoms with Gasteiger partial charge in [-0.25, -0.2) is 9.97 Å². The molecule has 29 heavy (non-hydrogen) atoms. The number of nitrogens with zero attached hydrogens (tertiary/aromatic N) is 3. The van der Waals surface area contributed by atoms with Crippen LogP contribution in [0.5, 0.6) is 5.75 Å². The van der Waals surface area contributed by atoms with Gasteiger partial charge in [-0.2, -0.15) is 0 Å². The van der Waals surface area contributed by atoms with Crippen molar-refractivity contribution in [1.29, 1.82) is 0 Å². The van der Waals surface area contributed by atoms with Crippen molar-refractivity contribution in [2.75, 3.05) is 35.7 Å². The Morgan fingerprint density at radius 2 is 1.59 bits per heavy atom. The monoisotopic (exact) mass is 391 g/mol. The quantitative estimate of drug-likeness (QED) is 0.595. The van der Waals surface area contributed by atoms with E-state index in [0.29, 0.717) is 11.5 Å². The van der Waals surface area contributed by atoms with Crippen LogP contribution in [0.2, 0.25) is 0 Å². The Bertz CT molecular complexity index is 921. The molecule has 0 bridgehead atoms. The Kier molecular flexibility index (Phi) is 6.63. The van der Waals surface area contributed by atoms with Gasteiger partial charge >= 0.3 is 0 Å². The summed E-state index contributed by atoms with van der Waals surface area (Å²) in [5.74, 6) is 1.03. The number of nitrogens with one attached hydrogen (secondary N) is 2. The third-order valence-electron chi connectivity index (χ3n) is 4.50. The van der Waals surface area contributed by atoms with Gasteiger partial charge in [-0.05, 0) is 62.4 Å². The number of aromatic nitrogens is 2. The van der Waals surface area contributed by atoms with Crippen LogP contribution in [-0.4, -0.2) is 36.1 Å². The van der Waals surface area contributed by atoms with Gasteiger partial charge in [0.25, 0.3) is 5.91 Å². The van der Waals surface area contributed by atoms with E-state index in [9.17, 15) is 4.79 Å². The van der Waals surface area contributed by atoms with Crippen LogP contribution in [-0.2, 0) is 0 Å². The Morgan fingerprint density at radius 3 is 2.14 bits per heavy atom. The summed E-state index contributed by atoms with van der Waals surface area (Å²) in [5.41, 5.74) is 2.94. The first-order valence-electron chi connectivity index (χ1n) is 9.52. The molecule has 2 N–H and O–H groups in total. The molecule has 2 aromatic carbocycles.